The summed E-state index contributed by atoms with van der Waals surface area (Å²) in [6.07, 6.45) is 1.73. The van der Waals surface area contributed by atoms with Gasteiger partial charge in [-0.15, -0.1) is 11.3 Å². The van der Waals surface area contributed by atoms with Crippen LogP contribution >= 0.6 is 23.1 Å². The fourth-order valence-corrected chi connectivity index (χ4v) is 6.30. The standard InChI is InChI=1S/C25H33NO3S2/c1-15(2)25(12-11-17-7-9-18(26)10-8-17)14-19(27)21(23(28)29-25)31-20-13-16(3)30-22(20)24(4,5)6/h7-10,13,15,27H,11-12,14,26H2,1-6H3. The predicted octanol–water partition coefficient (Wildman–Crippen LogP) is 6.77. The van der Waals surface area contributed by atoms with Crippen LogP contribution in [-0.2, 0) is 21.4 Å². The number of esters is 1. The fourth-order valence-electron chi connectivity index (χ4n) is 3.84. The average molecular weight is 460 g/mol. The van der Waals surface area contributed by atoms with Gasteiger partial charge < -0.3 is 15.6 Å². The van der Waals surface area contributed by atoms with E-state index in [9.17, 15) is 9.90 Å². The number of ether oxygens (including phenoxy) is 1. The number of nitrogens with two attached hydrogens (primary N) is 1. The molecule has 1 aliphatic rings. The van der Waals surface area contributed by atoms with E-state index in [1.807, 2.05) is 38.1 Å². The highest BCUT2D eigenvalue weighted by molar-refractivity contribution is 8.04. The van der Waals surface area contributed by atoms with Crippen molar-refractivity contribution in [2.24, 2.45) is 5.92 Å². The Morgan fingerprint density at radius 2 is 1.90 bits per heavy atom. The van der Waals surface area contributed by atoms with Crippen molar-refractivity contribution in [3.63, 3.8) is 0 Å². The molecule has 6 heteroatoms. The first-order chi connectivity index (χ1) is 14.4. The van der Waals surface area contributed by atoms with Crippen molar-refractivity contribution in [2.75, 3.05) is 5.73 Å². The predicted molar refractivity (Wildman–Crippen MR) is 131 cm³/mol. The normalized spacial score (nSPS) is 19.8. The zero-order valence-electron chi connectivity index (χ0n) is 19.2. The van der Waals surface area contributed by atoms with Crippen molar-refractivity contribution in [3.05, 3.63) is 56.3 Å². The van der Waals surface area contributed by atoms with Crippen molar-refractivity contribution >= 4 is 34.8 Å². The molecule has 2 aromatic rings. The molecule has 1 aromatic carbocycles. The zero-order valence-corrected chi connectivity index (χ0v) is 20.9. The summed E-state index contributed by atoms with van der Waals surface area (Å²) in [5, 5.41) is 11.0. The lowest BCUT2D eigenvalue weighted by molar-refractivity contribution is -0.164. The van der Waals surface area contributed by atoms with E-state index in [0.29, 0.717) is 17.7 Å². The van der Waals surface area contributed by atoms with E-state index in [2.05, 4.69) is 33.8 Å². The third-order valence-electron chi connectivity index (χ3n) is 5.79. The number of carbonyl (C=O) groups is 1. The second-order valence-corrected chi connectivity index (χ2v) is 12.0. The van der Waals surface area contributed by atoms with Crippen LogP contribution in [0.15, 0.2) is 45.9 Å². The number of thiophene rings is 1. The second kappa shape index (κ2) is 8.91. The highest BCUT2D eigenvalue weighted by Crippen LogP contribution is 2.46. The molecule has 168 valence electrons. The molecule has 31 heavy (non-hydrogen) atoms. The summed E-state index contributed by atoms with van der Waals surface area (Å²) in [4.78, 5) is 16.8. The third-order valence-corrected chi connectivity index (χ3v) is 8.55. The molecular weight excluding hydrogens is 426 g/mol. The molecule has 2 heterocycles. The van der Waals surface area contributed by atoms with Gasteiger partial charge in [0.15, 0.2) is 0 Å². The average Bonchev–Trinajstić information content (AvgIpc) is 3.05. The number of hydrogen-bond donors (Lipinski definition) is 2. The highest BCUT2D eigenvalue weighted by atomic mass is 32.2. The van der Waals surface area contributed by atoms with Crippen LogP contribution in [0.3, 0.4) is 0 Å². The Morgan fingerprint density at radius 3 is 2.45 bits per heavy atom. The Bertz CT molecular complexity index is 983. The maximum Gasteiger partial charge on any atom is 0.349 e. The molecule has 1 aromatic heterocycles. The number of thioether (sulfide) groups is 1. The molecular formula is C25H33NO3S2. The zero-order chi connectivity index (χ0) is 23.0. The topological polar surface area (TPSA) is 72.6 Å². The van der Waals surface area contributed by atoms with Gasteiger partial charge in [0.2, 0.25) is 0 Å². The largest absolute Gasteiger partial charge is 0.511 e. The quantitative estimate of drug-likeness (QED) is 0.368. The van der Waals surface area contributed by atoms with E-state index in [1.165, 1.54) is 21.5 Å². The van der Waals surface area contributed by atoms with Gasteiger partial charge in [-0.1, -0.05) is 58.5 Å². The number of anilines is 1. The van der Waals surface area contributed by atoms with Crippen LogP contribution in [0.1, 0.15) is 62.8 Å². The minimum atomic E-state index is -0.718. The molecule has 0 saturated carbocycles. The number of aliphatic hydroxyl groups excluding tert-OH is 1. The molecule has 0 fully saturated rings. The molecule has 1 atom stereocenters. The molecule has 0 saturated heterocycles. The van der Waals surface area contributed by atoms with Gasteiger partial charge in [0, 0.05) is 26.8 Å². The molecule has 0 amide bonds. The van der Waals surface area contributed by atoms with E-state index < -0.39 is 11.6 Å². The summed E-state index contributed by atoms with van der Waals surface area (Å²) in [5.74, 6) is -0.216. The first-order valence-corrected chi connectivity index (χ1v) is 12.3. The van der Waals surface area contributed by atoms with Crippen LogP contribution in [0, 0.1) is 12.8 Å². The summed E-state index contributed by atoms with van der Waals surface area (Å²) < 4.78 is 6.07. The van der Waals surface area contributed by atoms with E-state index >= 15 is 0 Å². The molecule has 0 radical (unpaired) electrons. The summed E-state index contributed by atoms with van der Waals surface area (Å²) in [5.41, 5.74) is 6.90. The number of aliphatic hydroxyl groups is 1. The van der Waals surface area contributed by atoms with E-state index in [-0.39, 0.29) is 17.1 Å². The van der Waals surface area contributed by atoms with Crippen molar-refractivity contribution in [1.29, 1.82) is 0 Å². The Hall–Kier alpha value is -1.92. The second-order valence-electron chi connectivity index (χ2n) is 9.71. The SMILES string of the molecule is Cc1cc(SC2=C(O)CC(CCc3ccc(N)cc3)(C(C)C)OC2=O)c(C(C)(C)C)s1. The van der Waals surface area contributed by atoms with Gasteiger partial charge in [-0.2, -0.15) is 0 Å². The molecule has 1 aliphatic heterocycles. The molecule has 3 N–H and O–H groups in total. The number of benzene rings is 1. The Labute approximate surface area is 193 Å². The molecule has 0 spiro atoms. The van der Waals surface area contributed by atoms with Gasteiger partial charge in [0.25, 0.3) is 0 Å². The van der Waals surface area contributed by atoms with Crippen LogP contribution < -0.4 is 5.73 Å². The van der Waals surface area contributed by atoms with E-state index in [4.69, 9.17) is 10.5 Å². The van der Waals surface area contributed by atoms with Crippen LogP contribution in [0.2, 0.25) is 0 Å². The molecule has 3 rings (SSSR count). The molecule has 1 unspecified atom stereocenters. The van der Waals surface area contributed by atoms with Crippen molar-refractivity contribution in [1.82, 2.24) is 0 Å². The van der Waals surface area contributed by atoms with Crippen LogP contribution in [0.5, 0.6) is 0 Å². The van der Waals surface area contributed by atoms with Gasteiger partial charge in [0.1, 0.15) is 16.3 Å². The lowest BCUT2D eigenvalue weighted by atomic mass is 9.80. The van der Waals surface area contributed by atoms with Crippen molar-refractivity contribution < 1.29 is 14.6 Å². The minimum absolute atomic E-state index is 0.0310. The fraction of sp³-hybridized carbons (Fsp3) is 0.480. The smallest absolute Gasteiger partial charge is 0.349 e. The summed E-state index contributed by atoms with van der Waals surface area (Å²) in [6.45, 7) is 12.6. The Balaban J connectivity index is 1.85. The molecule has 0 bridgehead atoms. The van der Waals surface area contributed by atoms with Gasteiger partial charge in [-0.3, -0.25) is 0 Å². The maximum atomic E-state index is 13.1. The number of rotatable bonds is 6. The number of nitrogen functional groups attached to an aromatic ring is 1. The Morgan fingerprint density at radius 1 is 1.26 bits per heavy atom. The van der Waals surface area contributed by atoms with Crippen molar-refractivity contribution in [3.8, 4) is 0 Å². The van der Waals surface area contributed by atoms with Gasteiger partial charge in [-0.25, -0.2) is 4.79 Å². The summed E-state index contributed by atoms with van der Waals surface area (Å²) in [7, 11) is 0. The number of aryl methyl sites for hydroxylation is 2. The highest BCUT2D eigenvalue weighted by Gasteiger charge is 2.44. The number of hydrogen-bond acceptors (Lipinski definition) is 6. The van der Waals surface area contributed by atoms with Gasteiger partial charge in [0.05, 0.1) is 0 Å². The van der Waals surface area contributed by atoms with Crippen LogP contribution in [0.4, 0.5) is 5.69 Å². The lowest BCUT2D eigenvalue weighted by Gasteiger charge is -2.40. The van der Waals surface area contributed by atoms with Crippen LogP contribution in [0.25, 0.3) is 0 Å². The van der Waals surface area contributed by atoms with E-state index in [1.54, 1.807) is 11.3 Å². The molecule has 0 aliphatic carbocycles. The Kier molecular flexibility index (Phi) is 6.82. The monoisotopic (exact) mass is 459 g/mol. The summed E-state index contributed by atoms with van der Waals surface area (Å²) in [6, 6.07) is 9.85. The first kappa shape index (κ1) is 23.7. The minimum Gasteiger partial charge on any atom is -0.511 e. The van der Waals surface area contributed by atoms with Gasteiger partial charge in [-0.05, 0) is 54.9 Å². The lowest BCUT2D eigenvalue weighted by Crippen LogP contribution is -2.44. The van der Waals surface area contributed by atoms with E-state index in [0.717, 1.165) is 22.6 Å². The number of cyclic esters (lactones) is 1. The van der Waals surface area contributed by atoms with Crippen molar-refractivity contribution in [2.45, 2.75) is 76.7 Å². The van der Waals surface area contributed by atoms with Crippen LogP contribution in [-0.4, -0.2) is 16.7 Å². The molecule has 4 nitrogen and oxygen atoms in total. The maximum absolute atomic E-state index is 13.1. The van der Waals surface area contributed by atoms with Gasteiger partial charge >= 0.3 is 5.97 Å². The third kappa shape index (κ3) is 5.29. The number of carbonyl (C=O) groups excluding carboxylic acids is 1. The first-order valence-electron chi connectivity index (χ1n) is 10.7. The summed E-state index contributed by atoms with van der Waals surface area (Å²) >= 11 is 3.07.